The molecule has 2 rings (SSSR count). The van der Waals surface area contributed by atoms with Crippen molar-refractivity contribution in [3.8, 4) is 0 Å². The zero-order valence-electron chi connectivity index (χ0n) is 17.3. The zero-order chi connectivity index (χ0) is 22.3. The van der Waals surface area contributed by atoms with Crippen LogP contribution in [0.4, 0.5) is 9.18 Å². The van der Waals surface area contributed by atoms with Gasteiger partial charge in [0.25, 0.3) is 0 Å². The average Bonchev–Trinajstić information content (AvgIpc) is 2.69. The lowest BCUT2D eigenvalue weighted by molar-refractivity contribution is -0.123. The molecule has 0 saturated carbocycles. The fourth-order valence-electron chi connectivity index (χ4n) is 2.59. The van der Waals surface area contributed by atoms with Gasteiger partial charge in [-0.3, -0.25) is 4.79 Å². The van der Waals surface area contributed by atoms with Gasteiger partial charge in [0, 0.05) is 12.1 Å². The molecule has 0 aromatic heterocycles. The highest BCUT2D eigenvalue weighted by Crippen LogP contribution is 2.19. The number of ether oxygens (including phenoxy) is 2. The molecule has 2 aromatic carbocycles. The summed E-state index contributed by atoms with van der Waals surface area (Å²) in [6, 6.07) is 10.9. The van der Waals surface area contributed by atoms with Crippen LogP contribution < -0.4 is 10.6 Å². The Labute approximate surface area is 174 Å². The molecule has 2 N–H and O–H groups in total. The quantitative estimate of drug-likeness (QED) is 0.703. The molecule has 0 heterocycles. The first-order valence-electron chi connectivity index (χ1n) is 9.29. The maximum atomic E-state index is 14.3. The van der Waals surface area contributed by atoms with Crippen LogP contribution in [0.15, 0.2) is 48.5 Å². The summed E-state index contributed by atoms with van der Waals surface area (Å²) in [5, 5.41) is 5.09. The molecule has 7 nitrogen and oxygen atoms in total. The van der Waals surface area contributed by atoms with Crippen LogP contribution in [0, 0.1) is 5.82 Å². The van der Waals surface area contributed by atoms with Gasteiger partial charge in [0.2, 0.25) is 5.91 Å². The summed E-state index contributed by atoms with van der Waals surface area (Å²) in [5.41, 5.74) is 0.327. The lowest BCUT2D eigenvalue weighted by Gasteiger charge is -2.23. The Morgan fingerprint density at radius 2 is 1.67 bits per heavy atom. The molecule has 0 spiro atoms. The standard InChI is InChI=1S/C22H25FN2O5/c1-22(2,3)30-21(28)25-18(16-7-5-6-8-17(16)23)19(26)24-13-14-9-11-15(12-10-14)20(27)29-4/h5-12,18H,13H2,1-4H3,(H,24,26)(H,25,28). The van der Waals surface area contributed by atoms with Gasteiger partial charge >= 0.3 is 12.1 Å². The SMILES string of the molecule is COC(=O)c1ccc(CNC(=O)C(NC(=O)OC(C)(C)C)c2ccccc2F)cc1. The average molecular weight is 416 g/mol. The Kier molecular flexibility index (Phi) is 7.52. The first-order valence-corrected chi connectivity index (χ1v) is 9.29. The number of esters is 1. The molecule has 0 aliphatic rings. The second-order valence-electron chi connectivity index (χ2n) is 7.51. The number of hydrogen-bond acceptors (Lipinski definition) is 5. The molecule has 1 atom stereocenters. The second-order valence-corrected chi connectivity index (χ2v) is 7.51. The van der Waals surface area contributed by atoms with Crippen LogP contribution in [0.2, 0.25) is 0 Å². The van der Waals surface area contributed by atoms with Gasteiger partial charge < -0.3 is 20.1 Å². The molecule has 30 heavy (non-hydrogen) atoms. The molecular weight excluding hydrogens is 391 g/mol. The van der Waals surface area contributed by atoms with Gasteiger partial charge in [-0.2, -0.15) is 0 Å². The van der Waals surface area contributed by atoms with Crippen LogP contribution in [0.25, 0.3) is 0 Å². The van der Waals surface area contributed by atoms with E-state index in [0.29, 0.717) is 11.1 Å². The Balaban J connectivity index is 2.13. The minimum Gasteiger partial charge on any atom is -0.465 e. The monoisotopic (exact) mass is 416 g/mol. The highest BCUT2D eigenvalue weighted by Gasteiger charge is 2.27. The lowest BCUT2D eigenvalue weighted by atomic mass is 10.1. The summed E-state index contributed by atoms with van der Waals surface area (Å²) in [4.78, 5) is 36.4. The van der Waals surface area contributed by atoms with Gasteiger partial charge in [-0.1, -0.05) is 30.3 Å². The number of alkyl carbamates (subject to hydrolysis) is 1. The largest absolute Gasteiger partial charge is 0.465 e. The van der Waals surface area contributed by atoms with Crippen LogP contribution in [-0.2, 0) is 20.8 Å². The molecule has 160 valence electrons. The van der Waals surface area contributed by atoms with Crippen LogP contribution >= 0.6 is 0 Å². The topological polar surface area (TPSA) is 93.7 Å². The molecule has 2 aromatic rings. The lowest BCUT2D eigenvalue weighted by Crippen LogP contribution is -2.42. The van der Waals surface area contributed by atoms with E-state index in [1.54, 1.807) is 51.1 Å². The van der Waals surface area contributed by atoms with Gasteiger partial charge in [-0.15, -0.1) is 0 Å². The van der Waals surface area contributed by atoms with Crippen LogP contribution in [0.5, 0.6) is 0 Å². The molecule has 0 aliphatic heterocycles. The summed E-state index contributed by atoms with van der Waals surface area (Å²) < 4.78 is 24.1. The second kappa shape index (κ2) is 9.87. The highest BCUT2D eigenvalue weighted by molar-refractivity contribution is 5.89. The van der Waals surface area contributed by atoms with Crippen molar-refractivity contribution in [2.24, 2.45) is 0 Å². The number of carbonyl (C=O) groups excluding carboxylic acids is 3. The van der Waals surface area contributed by atoms with Crippen molar-refractivity contribution in [1.29, 1.82) is 0 Å². The molecular formula is C22H25FN2O5. The van der Waals surface area contributed by atoms with Crippen molar-refractivity contribution >= 4 is 18.0 Å². The number of halogens is 1. The third-order valence-corrected chi connectivity index (χ3v) is 3.98. The maximum Gasteiger partial charge on any atom is 0.408 e. The predicted molar refractivity (Wildman–Crippen MR) is 108 cm³/mol. The molecule has 0 fully saturated rings. The molecule has 0 aliphatic carbocycles. The van der Waals surface area contributed by atoms with Crippen LogP contribution in [-0.4, -0.2) is 30.7 Å². The zero-order valence-corrected chi connectivity index (χ0v) is 17.3. The Morgan fingerprint density at radius 3 is 2.23 bits per heavy atom. The minimum absolute atomic E-state index is 0.0156. The smallest absolute Gasteiger partial charge is 0.408 e. The van der Waals surface area contributed by atoms with E-state index >= 15 is 0 Å². The highest BCUT2D eigenvalue weighted by atomic mass is 19.1. The Bertz CT molecular complexity index is 906. The van der Waals surface area contributed by atoms with Gasteiger partial charge in [0.15, 0.2) is 0 Å². The van der Waals surface area contributed by atoms with E-state index < -0.39 is 35.4 Å². The molecule has 0 bridgehead atoms. The first-order chi connectivity index (χ1) is 14.1. The first kappa shape index (κ1) is 22.9. The number of rotatable bonds is 6. The molecule has 0 radical (unpaired) electrons. The van der Waals surface area contributed by atoms with E-state index in [1.165, 1.54) is 25.3 Å². The van der Waals surface area contributed by atoms with E-state index in [0.717, 1.165) is 0 Å². The maximum absolute atomic E-state index is 14.3. The van der Waals surface area contributed by atoms with Gasteiger partial charge in [-0.05, 0) is 44.5 Å². The fraction of sp³-hybridized carbons (Fsp3) is 0.318. The summed E-state index contributed by atoms with van der Waals surface area (Å²) in [6.07, 6.45) is -0.840. The van der Waals surface area contributed by atoms with Gasteiger partial charge in [-0.25, -0.2) is 14.0 Å². The van der Waals surface area contributed by atoms with E-state index in [2.05, 4.69) is 15.4 Å². The molecule has 2 amide bonds. The third kappa shape index (κ3) is 6.58. The third-order valence-electron chi connectivity index (χ3n) is 3.98. The Morgan fingerprint density at radius 1 is 1.03 bits per heavy atom. The van der Waals surface area contributed by atoms with Gasteiger partial charge in [0.1, 0.15) is 17.5 Å². The van der Waals surface area contributed by atoms with Crippen LogP contribution in [0.3, 0.4) is 0 Å². The normalized spacial score (nSPS) is 11.9. The number of methoxy groups -OCH3 is 1. The fourth-order valence-corrected chi connectivity index (χ4v) is 2.59. The number of carbonyl (C=O) groups is 3. The van der Waals surface area contributed by atoms with E-state index in [9.17, 15) is 18.8 Å². The van der Waals surface area contributed by atoms with E-state index in [4.69, 9.17) is 4.74 Å². The summed E-state index contributed by atoms with van der Waals surface area (Å²) in [5.74, 6) is -1.70. The molecule has 0 saturated heterocycles. The van der Waals surface area contributed by atoms with Crippen molar-refractivity contribution in [3.63, 3.8) is 0 Å². The molecule has 1 unspecified atom stereocenters. The van der Waals surface area contributed by atoms with Crippen molar-refractivity contribution in [3.05, 3.63) is 71.0 Å². The van der Waals surface area contributed by atoms with E-state index in [-0.39, 0.29) is 12.1 Å². The van der Waals surface area contributed by atoms with Gasteiger partial charge in [0.05, 0.1) is 12.7 Å². The Hall–Kier alpha value is -3.42. The number of amides is 2. The number of hydrogen-bond donors (Lipinski definition) is 2. The number of benzene rings is 2. The summed E-state index contributed by atoms with van der Waals surface area (Å²) in [6.45, 7) is 5.16. The van der Waals surface area contributed by atoms with E-state index in [1.807, 2.05) is 0 Å². The minimum atomic E-state index is -1.28. The van der Waals surface area contributed by atoms with Crippen molar-refractivity contribution in [2.75, 3.05) is 7.11 Å². The van der Waals surface area contributed by atoms with Crippen LogP contribution in [0.1, 0.15) is 48.3 Å². The number of nitrogens with one attached hydrogen (secondary N) is 2. The summed E-state index contributed by atoms with van der Waals surface area (Å²) in [7, 11) is 1.29. The predicted octanol–water partition coefficient (Wildman–Crippen LogP) is 3.49. The van der Waals surface area contributed by atoms with Crippen molar-refractivity contribution in [1.82, 2.24) is 10.6 Å². The summed E-state index contributed by atoms with van der Waals surface area (Å²) >= 11 is 0. The van der Waals surface area contributed by atoms with Crippen molar-refractivity contribution in [2.45, 2.75) is 39.0 Å². The van der Waals surface area contributed by atoms with Crippen molar-refractivity contribution < 1.29 is 28.2 Å². The molecule has 8 heteroatoms.